The van der Waals surface area contributed by atoms with Gasteiger partial charge in [-0.2, -0.15) is 4.52 Å². The van der Waals surface area contributed by atoms with Crippen molar-refractivity contribution < 1.29 is 13.9 Å². The highest BCUT2D eigenvalue weighted by Gasteiger charge is 2.22. The van der Waals surface area contributed by atoms with E-state index in [9.17, 15) is 4.39 Å². The van der Waals surface area contributed by atoms with E-state index in [1.807, 2.05) is 42.5 Å². The number of aromatic nitrogens is 4. The Morgan fingerprint density at radius 1 is 0.972 bits per heavy atom. The van der Waals surface area contributed by atoms with Crippen LogP contribution in [0, 0.1) is 5.82 Å². The van der Waals surface area contributed by atoms with Gasteiger partial charge in [0.1, 0.15) is 17.3 Å². The van der Waals surface area contributed by atoms with Crippen molar-refractivity contribution in [2.45, 2.75) is 19.5 Å². The molecule has 0 amide bonds. The Bertz CT molecular complexity index is 1620. The molecule has 0 spiro atoms. The molecule has 0 radical (unpaired) electrons. The molecule has 0 fully saturated rings. The monoisotopic (exact) mass is 503 g/mol. The van der Waals surface area contributed by atoms with E-state index >= 15 is 0 Å². The van der Waals surface area contributed by atoms with Gasteiger partial charge in [0.2, 0.25) is 0 Å². The normalized spacial score (nSPS) is 13.4. The van der Waals surface area contributed by atoms with E-state index in [0.717, 1.165) is 41.7 Å². The Morgan fingerprint density at radius 3 is 2.67 bits per heavy atom. The molecule has 0 atom stereocenters. The summed E-state index contributed by atoms with van der Waals surface area (Å²) in [5, 5.41) is 6.20. The number of ether oxygens (including phenoxy) is 2. The zero-order valence-corrected chi connectivity index (χ0v) is 20.6. The summed E-state index contributed by atoms with van der Waals surface area (Å²) in [5.74, 6) is 2.36. The number of halogens is 2. The van der Waals surface area contributed by atoms with Crippen molar-refractivity contribution in [3.8, 4) is 22.9 Å². The zero-order valence-electron chi connectivity index (χ0n) is 19.8. The fourth-order valence-corrected chi connectivity index (χ4v) is 4.97. The van der Waals surface area contributed by atoms with Gasteiger partial charge in [-0.15, -0.1) is 5.10 Å². The van der Waals surface area contributed by atoms with Gasteiger partial charge in [-0.05, 0) is 47.5 Å². The van der Waals surface area contributed by atoms with Crippen LogP contribution >= 0.6 is 11.6 Å². The maximum atomic E-state index is 13.6. The summed E-state index contributed by atoms with van der Waals surface area (Å²) in [7, 11) is 3.22. The average Bonchev–Trinajstić information content (AvgIpc) is 3.50. The van der Waals surface area contributed by atoms with Gasteiger partial charge >= 0.3 is 0 Å². The maximum absolute atomic E-state index is 13.6. The van der Waals surface area contributed by atoms with Gasteiger partial charge < -0.3 is 9.47 Å². The second kappa shape index (κ2) is 9.04. The van der Waals surface area contributed by atoms with E-state index in [0.29, 0.717) is 45.8 Å². The molecule has 9 heteroatoms. The van der Waals surface area contributed by atoms with Crippen LogP contribution in [0.25, 0.3) is 27.9 Å². The van der Waals surface area contributed by atoms with E-state index in [2.05, 4.69) is 4.90 Å². The van der Waals surface area contributed by atoms with E-state index < -0.39 is 0 Å². The first-order valence-corrected chi connectivity index (χ1v) is 12.0. The molecule has 0 aliphatic carbocycles. The number of rotatable bonds is 6. The van der Waals surface area contributed by atoms with E-state index in [-0.39, 0.29) is 5.82 Å². The zero-order chi connectivity index (χ0) is 24.8. The number of para-hydroxylation sites is 1. The van der Waals surface area contributed by atoms with Gasteiger partial charge in [0.15, 0.2) is 17.3 Å². The topological polar surface area (TPSA) is 64.8 Å². The fourth-order valence-electron chi connectivity index (χ4n) is 4.75. The Hall–Kier alpha value is -3.75. The third-order valence-corrected chi connectivity index (χ3v) is 6.86. The minimum absolute atomic E-state index is 0.197. The minimum Gasteiger partial charge on any atom is -0.497 e. The molecular weight excluding hydrogens is 481 g/mol. The van der Waals surface area contributed by atoms with Crippen molar-refractivity contribution in [1.82, 2.24) is 24.5 Å². The lowest BCUT2D eigenvalue weighted by Crippen LogP contribution is -2.19. The summed E-state index contributed by atoms with van der Waals surface area (Å²) in [4.78, 5) is 12.0. The number of methoxy groups -OCH3 is 2. The third kappa shape index (κ3) is 3.92. The molecule has 0 saturated heterocycles. The molecule has 3 aromatic carbocycles. The molecule has 0 N–H and O–H groups in total. The van der Waals surface area contributed by atoms with Crippen LogP contribution in [0.2, 0.25) is 5.02 Å². The fraction of sp³-hybridized carbons (Fsp3) is 0.222. The summed E-state index contributed by atoms with van der Waals surface area (Å²) >= 11 is 6.54. The van der Waals surface area contributed by atoms with Crippen LogP contribution in [-0.4, -0.2) is 45.2 Å². The first-order valence-electron chi connectivity index (χ1n) is 11.6. The molecule has 3 heterocycles. The van der Waals surface area contributed by atoms with Crippen molar-refractivity contribution in [3.63, 3.8) is 0 Å². The third-order valence-electron chi connectivity index (χ3n) is 6.55. The number of hydrogen-bond acceptors (Lipinski definition) is 6. The minimum atomic E-state index is -0.197. The maximum Gasteiger partial charge on any atom is 0.167 e. The molecule has 1 aliphatic heterocycles. The molecule has 0 bridgehead atoms. The van der Waals surface area contributed by atoms with Gasteiger partial charge in [0, 0.05) is 37.5 Å². The molecule has 7 nitrogen and oxygen atoms in total. The second-order valence-electron chi connectivity index (χ2n) is 8.77. The predicted molar refractivity (Wildman–Crippen MR) is 136 cm³/mol. The quantitative estimate of drug-likeness (QED) is 0.313. The summed E-state index contributed by atoms with van der Waals surface area (Å²) in [6.07, 6.45) is 0.638. The lowest BCUT2D eigenvalue weighted by atomic mass is 10.1. The molecule has 36 heavy (non-hydrogen) atoms. The first kappa shape index (κ1) is 22.7. The van der Waals surface area contributed by atoms with E-state index in [1.165, 1.54) is 6.07 Å². The summed E-state index contributed by atoms with van der Waals surface area (Å²) < 4.78 is 26.4. The largest absolute Gasteiger partial charge is 0.497 e. The molecule has 182 valence electrons. The first-order chi connectivity index (χ1) is 17.5. The van der Waals surface area contributed by atoms with Crippen LogP contribution in [0.4, 0.5) is 4.39 Å². The molecule has 0 unspecified atom stereocenters. The van der Waals surface area contributed by atoms with E-state index in [1.54, 1.807) is 24.8 Å². The number of fused-ring (bicyclic) bond motifs is 4. The van der Waals surface area contributed by atoms with Crippen molar-refractivity contribution in [2.75, 3.05) is 20.8 Å². The van der Waals surface area contributed by atoms with Crippen molar-refractivity contribution in [2.24, 2.45) is 0 Å². The van der Waals surface area contributed by atoms with Crippen molar-refractivity contribution >= 4 is 28.2 Å². The molecule has 1 aliphatic rings. The lowest BCUT2D eigenvalue weighted by molar-refractivity contribution is 0.286. The van der Waals surface area contributed by atoms with E-state index in [4.69, 9.17) is 36.1 Å². The SMILES string of the molecule is COc1ccc(-c2nc3c(Cl)cccc3c3nc(CCN4Cc5ccc(F)cc5C4)nn23)c(OC)c1. The van der Waals surface area contributed by atoms with Crippen LogP contribution in [-0.2, 0) is 19.5 Å². The number of hydrogen-bond donors (Lipinski definition) is 0. The van der Waals surface area contributed by atoms with Gasteiger partial charge in [-0.25, -0.2) is 14.4 Å². The highest BCUT2D eigenvalue weighted by molar-refractivity contribution is 6.35. The molecule has 0 saturated carbocycles. The average molecular weight is 504 g/mol. The highest BCUT2D eigenvalue weighted by atomic mass is 35.5. The standard InChI is InChI=1S/C27H23ClFN5O2/c1-35-19-8-9-20(23(13-19)36-2)26-31-25-21(4-3-5-22(25)28)27-30-24(32-34(26)27)10-11-33-14-16-6-7-18(29)12-17(16)15-33/h3-9,12-13H,10-11,14-15H2,1-2H3. The second-order valence-corrected chi connectivity index (χ2v) is 9.18. The Labute approximate surface area is 212 Å². The number of nitrogens with zero attached hydrogens (tertiary/aromatic N) is 5. The van der Waals surface area contributed by atoms with Gasteiger partial charge in [0.05, 0.1) is 30.3 Å². The van der Waals surface area contributed by atoms with Crippen LogP contribution in [0.1, 0.15) is 17.0 Å². The summed E-state index contributed by atoms with van der Waals surface area (Å²) in [6, 6.07) is 16.2. The lowest BCUT2D eigenvalue weighted by Gasteiger charge is -2.13. The smallest absolute Gasteiger partial charge is 0.167 e. The predicted octanol–water partition coefficient (Wildman–Crippen LogP) is 5.31. The van der Waals surface area contributed by atoms with Crippen LogP contribution in [0.5, 0.6) is 11.5 Å². The van der Waals surface area contributed by atoms with Gasteiger partial charge in [0.25, 0.3) is 0 Å². The number of benzene rings is 3. The molecule has 6 rings (SSSR count). The molecule has 5 aromatic rings. The molecular formula is C27H23ClFN5O2. The van der Waals surface area contributed by atoms with Gasteiger partial charge in [-0.3, -0.25) is 4.90 Å². The Kier molecular flexibility index (Phi) is 5.70. The van der Waals surface area contributed by atoms with Crippen LogP contribution in [0.3, 0.4) is 0 Å². The van der Waals surface area contributed by atoms with Crippen molar-refractivity contribution in [3.05, 3.63) is 82.4 Å². The molecule has 2 aromatic heterocycles. The Morgan fingerprint density at radius 2 is 1.83 bits per heavy atom. The Balaban J connectivity index is 1.40. The van der Waals surface area contributed by atoms with Gasteiger partial charge in [-0.1, -0.05) is 23.7 Å². The van der Waals surface area contributed by atoms with Crippen LogP contribution < -0.4 is 9.47 Å². The summed E-state index contributed by atoms with van der Waals surface area (Å²) in [5.41, 5.74) is 4.28. The highest BCUT2D eigenvalue weighted by Crippen LogP contribution is 2.35. The van der Waals surface area contributed by atoms with Crippen LogP contribution in [0.15, 0.2) is 54.6 Å². The summed E-state index contributed by atoms with van der Waals surface area (Å²) in [6.45, 7) is 2.26. The van der Waals surface area contributed by atoms with Crippen molar-refractivity contribution in [1.29, 1.82) is 0 Å².